The van der Waals surface area contributed by atoms with E-state index in [9.17, 15) is 4.79 Å². The number of hydrogen-bond donors (Lipinski definition) is 2. The molecule has 1 aliphatic rings. The quantitative estimate of drug-likeness (QED) is 0.320. The van der Waals surface area contributed by atoms with Gasteiger partial charge in [0.2, 0.25) is 0 Å². The largest absolute Gasteiger partial charge is 0.462 e. The fraction of sp³-hybridized carbons (Fsp3) is 0.857. The first-order valence-corrected chi connectivity index (χ1v) is 7.40. The number of nitrogens with one attached hydrogen (secondary N) is 2. The van der Waals surface area contributed by atoms with Gasteiger partial charge in [-0.2, -0.15) is 0 Å². The molecule has 0 aromatic carbocycles. The van der Waals surface area contributed by atoms with Gasteiger partial charge in [-0.1, -0.05) is 6.92 Å². The third-order valence-corrected chi connectivity index (χ3v) is 3.22. The van der Waals surface area contributed by atoms with Crippen LogP contribution in [0.1, 0.15) is 51.9 Å². The molecule has 0 spiro atoms. The van der Waals surface area contributed by atoms with Crippen LogP contribution in [0.5, 0.6) is 0 Å². The lowest BCUT2D eigenvalue weighted by atomic mass is 10.3. The summed E-state index contributed by atoms with van der Waals surface area (Å²) in [5.41, 5.74) is 0. The number of aliphatic imine (C=N–C) groups is 1. The standard InChI is InChI=1S/C14H27N3O2/c1-3-10-16-14(15-2)17-11-6-9-13(18)19-12-7-4-5-8-12/h12H,3-11H2,1-2H3,(H2,15,16,17). The highest BCUT2D eigenvalue weighted by molar-refractivity contribution is 5.79. The maximum Gasteiger partial charge on any atom is 0.306 e. The van der Waals surface area contributed by atoms with E-state index in [4.69, 9.17) is 4.74 Å². The minimum Gasteiger partial charge on any atom is -0.462 e. The van der Waals surface area contributed by atoms with Crippen molar-refractivity contribution in [1.29, 1.82) is 0 Å². The van der Waals surface area contributed by atoms with E-state index in [1.807, 2.05) is 0 Å². The highest BCUT2D eigenvalue weighted by Gasteiger charge is 2.18. The molecule has 1 saturated carbocycles. The molecule has 110 valence electrons. The molecule has 1 aliphatic carbocycles. The number of carbonyl (C=O) groups excluding carboxylic acids is 1. The number of nitrogens with zero attached hydrogens (tertiary/aromatic N) is 1. The molecule has 0 amide bonds. The molecule has 0 saturated heterocycles. The second-order valence-corrected chi connectivity index (χ2v) is 4.93. The summed E-state index contributed by atoms with van der Waals surface area (Å²) in [6.07, 6.45) is 6.97. The first kappa shape index (κ1) is 15.8. The van der Waals surface area contributed by atoms with E-state index < -0.39 is 0 Å². The van der Waals surface area contributed by atoms with Crippen LogP contribution in [0.3, 0.4) is 0 Å². The third kappa shape index (κ3) is 7.03. The van der Waals surface area contributed by atoms with Crippen LogP contribution < -0.4 is 10.6 Å². The van der Waals surface area contributed by atoms with Crippen molar-refractivity contribution in [2.75, 3.05) is 20.1 Å². The zero-order chi connectivity index (χ0) is 13.9. The predicted octanol–water partition coefficient (Wildman–Crippen LogP) is 1.83. The second kappa shape index (κ2) is 9.64. The molecule has 0 aromatic rings. The Hall–Kier alpha value is -1.26. The van der Waals surface area contributed by atoms with Gasteiger partial charge in [0.05, 0.1) is 0 Å². The molecular weight excluding hydrogens is 242 g/mol. The van der Waals surface area contributed by atoms with Crippen LogP contribution >= 0.6 is 0 Å². The lowest BCUT2D eigenvalue weighted by Crippen LogP contribution is -2.38. The van der Waals surface area contributed by atoms with Crippen molar-refractivity contribution in [2.45, 2.75) is 58.0 Å². The van der Waals surface area contributed by atoms with Crippen LogP contribution in [-0.4, -0.2) is 38.2 Å². The monoisotopic (exact) mass is 269 g/mol. The van der Waals surface area contributed by atoms with Crippen LogP contribution in [-0.2, 0) is 9.53 Å². The van der Waals surface area contributed by atoms with Gasteiger partial charge in [-0.05, 0) is 38.5 Å². The van der Waals surface area contributed by atoms with E-state index in [0.717, 1.165) is 44.7 Å². The zero-order valence-electron chi connectivity index (χ0n) is 12.2. The highest BCUT2D eigenvalue weighted by atomic mass is 16.5. The van der Waals surface area contributed by atoms with Crippen molar-refractivity contribution in [2.24, 2.45) is 4.99 Å². The summed E-state index contributed by atoms with van der Waals surface area (Å²) in [7, 11) is 1.75. The highest BCUT2D eigenvalue weighted by Crippen LogP contribution is 2.21. The van der Waals surface area contributed by atoms with Gasteiger partial charge in [-0.15, -0.1) is 0 Å². The average molecular weight is 269 g/mol. The third-order valence-electron chi connectivity index (χ3n) is 3.22. The van der Waals surface area contributed by atoms with E-state index in [1.54, 1.807) is 7.05 Å². The first-order valence-electron chi connectivity index (χ1n) is 7.40. The summed E-state index contributed by atoms with van der Waals surface area (Å²) in [6, 6.07) is 0. The van der Waals surface area contributed by atoms with Gasteiger partial charge in [-0.25, -0.2) is 0 Å². The summed E-state index contributed by atoms with van der Waals surface area (Å²) >= 11 is 0. The molecule has 5 nitrogen and oxygen atoms in total. The molecule has 0 unspecified atom stereocenters. The Morgan fingerprint density at radius 2 is 1.95 bits per heavy atom. The van der Waals surface area contributed by atoms with Crippen LogP contribution in [0.25, 0.3) is 0 Å². The molecule has 0 heterocycles. The van der Waals surface area contributed by atoms with Gasteiger partial charge >= 0.3 is 5.97 Å². The molecule has 0 bridgehead atoms. The Labute approximate surface area is 116 Å². The van der Waals surface area contributed by atoms with Gasteiger partial charge in [-0.3, -0.25) is 9.79 Å². The number of ether oxygens (including phenoxy) is 1. The van der Waals surface area contributed by atoms with Crippen LogP contribution in [0.15, 0.2) is 4.99 Å². The SMILES string of the molecule is CCCNC(=NC)NCCCC(=O)OC1CCCC1. The lowest BCUT2D eigenvalue weighted by molar-refractivity contribution is -0.148. The number of esters is 1. The summed E-state index contributed by atoms with van der Waals surface area (Å²) in [6.45, 7) is 3.76. The number of carbonyl (C=O) groups is 1. The van der Waals surface area contributed by atoms with E-state index >= 15 is 0 Å². The molecule has 0 radical (unpaired) electrons. The lowest BCUT2D eigenvalue weighted by Gasteiger charge is -2.12. The first-order chi connectivity index (χ1) is 9.26. The van der Waals surface area contributed by atoms with Gasteiger partial charge in [0.15, 0.2) is 5.96 Å². The number of rotatable bonds is 7. The summed E-state index contributed by atoms with van der Waals surface area (Å²) in [5, 5.41) is 6.37. The van der Waals surface area contributed by atoms with Gasteiger partial charge in [0.25, 0.3) is 0 Å². The van der Waals surface area contributed by atoms with Crippen molar-refractivity contribution < 1.29 is 9.53 Å². The predicted molar refractivity (Wildman–Crippen MR) is 77.2 cm³/mol. The second-order valence-electron chi connectivity index (χ2n) is 4.93. The van der Waals surface area contributed by atoms with Gasteiger partial charge in [0, 0.05) is 26.6 Å². The van der Waals surface area contributed by atoms with Crippen LogP contribution in [0, 0.1) is 0 Å². The van der Waals surface area contributed by atoms with Crippen LogP contribution in [0.2, 0.25) is 0 Å². The van der Waals surface area contributed by atoms with E-state index in [1.165, 1.54) is 12.8 Å². The van der Waals surface area contributed by atoms with E-state index in [0.29, 0.717) is 6.42 Å². The minimum absolute atomic E-state index is 0.0646. The Morgan fingerprint density at radius 3 is 2.58 bits per heavy atom. The van der Waals surface area contributed by atoms with Crippen molar-refractivity contribution in [3.05, 3.63) is 0 Å². The summed E-state index contributed by atoms with van der Waals surface area (Å²) in [5.74, 6) is 0.733. The Balaban J connectivity index is 2.04. The normalized spacial score (nSPS) is 16.4. The van der Waals surface area contributed by atoms with Crippen molar-refractivity contribution in [3.8, 4) is 0 Å². The molecule has 1 fully saturated rings. The minimum atomic E-state index is -0.0646. The van der Waals surface area contributed by atoms with Crippen LogP contribution in [0.4, 0.5) is 0 Å². The summed E-state index contributed by atoms with van der Waals surface area (Å²) < 4.78 is 5.40. The molecular formula is C14H27N3O2. The Morgan fingerprint density at radius 1 is 1.26 bits per heavy atom. The molecule has 0 aliphatic heterocycles. The number of hydrogen-bond acceptors (Lipinski definition) is 3. The molecule has 0 aromatic heterocycles. The molecule has 19 heavy (non-hydrogen) atoms. The van der Waals surface area contributed by atoms with Gasteiger partial charge in [0.1, 0.15) is 6.10 Å². The maximum absolute atomic E-state index is 11.6. The van der Waals surface area contributed by atoms with Gasteiger partial charge < -0.3 is 15.4 Å². The Bertz CT molecular complexity index is 286. The topological polar surface area (TPSA) is 62.7 Å². The molecule has 5 heteroatoms. The maximum atomic E-state index is 11.6. The smallest absolute Gasteiger partial charge is 0.306 e. The molecule has 1 rings (SSSR count). The van der Waals surface area contributed by atoms with E-state index in [2.05, 4.69) is 22.5 Å². The summed E-state index contributed by atoms with van der Waals surface area (Å²) in [4.78, 5) is 15.7. The Kier molecular flexibility index (Phi) is 8.02. The van der Waals surface area contributed by atoms with Crippen molar-refractivity contribution in [3.63, 3.8) is 0 Å². The fourth-order valence-corrected chi connectivity index (χ4v) is 2.15. The average Bonchev–Trinajstić information content (AvgIpc) is 2.90. The van der Waals surface area contributed by atoms with Crippen molar-refractivity contribution >= 4 is 11.9 Å². The molecule has 0 atom stereocenters. The molecule has 2 N–H and O–H groups in total. The zero-order valence-corrected chi connectivity index (χ0v) is 12.2. The van der Waals surface area contributed by atoms with Crippen molar-refractivity contribution in [1.82, 2.24) is 10.6 Å². The fourth-order valence-electron chi connectivity index (χ4n) is 2.15. The number of guanidine groups is 1. The van der Waals surface area contributed by atoms with E-state index in [-0.39, 0.29) is 12.1 Å².